The molecule has 2 aliphatic rings. The second-order valence-electron chi connectivity index (χ2n) is 4.62. The second-order valence-corrected chi connectivity index (χ2v) is 5.05. The number of piperazine rings is 1. The van der Waals surface area contributed by atoms with E-state index in [2.05, 4.69) is 29.0 Å². The Morgan fingerprint density at radius 1 is 1.27 bits per heavy atom. The van der Waals surface area contributed by atoms with Gasteiger partial charge in [-0.25, -0.2) is 0 Å². The number of nitrogens with zero attached hydrogens (tertiary/aromatic N) is 2. The van der Waals surface area contributed by atoms with Crippen molar-refractivity contribution in [3.63, 3.8) is 0 Å². The zero-order valence-corrected chi connectivity index (χ0v) is 9.61. The zero-order chi connectivity index (χ0) is 10.4. The smallest absolute Gasteiger partial charge is 0.0433 e. The number of fused-ring (bicyclic) bond motifs is 2. The lowest BCUT2D eigenvalue weighted by Gasteiger charge is -2.33. The van der Waals surface area contributed by atoms with Crippen LogP contribution in [0.25, 0.3) is 0 Å². The monoisotopic (exact) mass is 222 g/mol. The molecule has 2 saturated heterocycles. The SMILES string of the molecule is CN1CC2CC1CN2c1cccc(Cl)c1. The molecule has 1 aromatic rings. The van der Waals surface area contributed by atoms with Crippen molar-refractivity contribution in [1.82, 2.24) is 4.90 Å². The first kappa shape index (κ1) is 9.49. The van der Waals surface area contributed by atoms with E-state index in [1.54, 1.807) is 0 Å². The quantitative estimate of drug-likeness (QED) is 0.719. The molecule has 15 heavy (non-hydrogen) atoms. The summed E-state index contributed by atoms with van der Waals surface area (Å²) in [5.74, 6) is 0. The molecule has 0 amide bonds. The Kier molecular flexibility index (Phi) is 2.15. The number of anilines is 1. The zero-order valence-electron chi connectivity index (χ0n) is 8.86. The van der Waals surface area contributed by atoms with Crippen LogP contribution in [0.15, 0.2) is 24.3 Å². The van der Waals surface area contributed by atoms with Gasteiger partial charge < -0.3 is 4.90 Å². The molecule has 3 heteroatoms. The molecule has 2 bridgehead atoms. The van der Waals surface area contributed by atoms with Gasteiger partial charge in [-0.2, -0.15) is 0 Å². The molecule has 3 rings (SSSR count). The van der Waals surface area contributed by atoms with Crippen LogP contribution in [0, 0.1) is 0 Å². The molecule has 2 atom stereocenters. The fourth-order valence-corrected chi connectivity index (χ4v) is 3.02. The summed E-state index contributed by atoms with van der Waals surface area (Å²) in [6, 6.07) is 9.64. The van der Waals surface area contributed by atoms with Gasteiger partial charge >= 0.3 is 0 Å². The molecule has 2 aliphatic heterocycles. The number of hydrogen-bond acceptors (Lipinski definition) is 2. The molecule has 2 nitrogen and oxygen atoms in total. The van der Waals surface area contributed by atoms with E-state index in [9.17, 15) is 0 Å². The van der Waals surface area contributed by atoms with E-state index >= 15 is 0 Å². The number of hydrogen-bond donors (Lipinski definition) is 0. The Morgan fingerprint density at radius 2 is 2.13 bits per heavy atom. The fourth-order valence-electron chi connectivity index (χ4n) is 2.84. The highest BCUT2D eigenvalue weighted by Gasteiger charge is 2.41. The van der Waals surface area contributed by atoms with Crippen LogP contribution in [0.4, 0.5) is 5.69 Å². The fraction of sp³-hybridized carbons (Fsp3) is 0.500. The van der Waals surface area contributed by atoms with Crippen molar-refractivity contribution in [1.29, 1.82) is 0 Å². The molecule has 2 unspecified atom stereocenters. The standard InChI is InChI=1S/C12H15ClN2/c1-14-7-12-6-11(14)8-15(12)10-4-2-3-9(13)5-10/h2-5,11-12H,6-8H2,1H3. The summed E-state index contributed by atoms with van der Waals surface area (Å²) in [4.78, 5) is 4.96. The van der Waals surface area contributed by atoms with Crippen LogP contribution in [0.2, 0.25) is 5.02 Å². The summed E-state index contributed by atoms with van der Waals surface area (Å²) in [6.45, 7) is 2.35. The average molecular weight is 223 g/mol. The Bertz CT molecular complexity index is 378. The van der Waals surface area contributed by atoms with Gasteiger partial charge in [0.1, 0.15) is 0 Å². The summed E-state index contributed by atoms with van der Waals surface area (Å²) < 4.78 is 0. The van der Waals surface area contributed by atoms with Crippen molar-refractivity contribution in [3.8, 4) is 0 Å². The van der Waals surface area contributed by atoms with E-state index in [0.717, 1.165) is 17.6 Å². The first-order valence-corrected chi connectivity index (χ1v) is 5.84. The van der Waals surface area contributed by atoms with Gasteiger partial charge in [0.25, 0.3) is 0 Å². The molecule has 0 spiro atoms. The third kappa shape index (κ3) is 1.52. The number of halogens is 1. The maximum atomic E-state index is 6.02. The Balaban J connectivity index is 1.86. The Hall–Kier alpha value is -0.730. The van der Waals surface area contributed by atoms with Crippen LogP contribution >= 0.6 is 11.6 Å². The minimum atomic E-state index is 0.693. The van der Waals surface area contributed by atoms with Gasteiger partial charge in [-0.3, -0.25) is 4.90 Å². The van der Waals surface area contributed by atoms with Crippen molar-refractivity contribution in [3.05, 3.63) is 29.3 Å². The lowest BCUT2D eigenvalue weighted by atomic mass is 10.2. The number of benzene rings is 1. The van der Waals surface area contributed by atoms with Crippen LogP contribution in [0.3, 0.4) is 0 Å². The first-order chi connectivity index (χ1) is 7.24. The molecule has 1 aromatic carbocycles. The minimum absolute atomic E-state index is 0.693. The van der Waals surface area contributed by atoms with Crippen LogP contribution in [-0.4, -0.2) is 37.1 Å². The average Bonchev–Trinajstić information content (AvgIpc) is 2.76. The third-order valence-electron chi connectivity index (χ3n) is 3.65. The van der Waals surface area contributed by atoms with Crippen LogP contribution in [-0.2, 0) is 0 Å². The highest BCUT2D eigenvalue weighted by Crippen LogP contribution is 2.34. The normalized spacial score (nSPS) is 30.1. The van der Waals surface area contributed by atoms with Gasteiger partial charge in [0, 0.05) is 35.9 Å². The molecule has 0 saturated carbocycles. The van der Waals surface area contributed by atoms with Crippen molar-refractivity contribution in [2.75, 3.05) is 25.0 Å². The summed E-state index contributed by atoms with van der Waals surface area (Å²) in [5, 5.41) is 0.837. The van der Waals surface area contributed by atoms with E-state index in [4.69, 9.17) is 11.6 Å². The molecule has 0 aromatic heterocycles. The van der Waals surface area contributed by atoms with Gasteiger partial charge in [-0.05, 0) is 31.7 Å². The van der Waals surface area contributed by atoms with E-state index in [1.165, 1.54) is 18.7 Å². The topological polar surface area (TPSA) is 6.48 Å². The first-order valence-electron chi connectivity index (χ1n) is 5.46. The van der Waals surface area contributed by atoms with Crippen molar-refractivity contribution < 1.29 is 0 Å². The lowest BCUT2D eigenvalue weighted by molar-refractivity contribution is 0.292. The molecule has 2 fully saturated rings. The van der Waals surface area contributed by atoms with E-state index < -0.39 is 0 Å². The third-order valence-corrected chi connectivity index (χ3v) is 3.89. The largest absolute Gasteiger partial charge is 0.366 e. The van der Waals surface area contributed by atoms with Crippen LogP contribution in [0.1, 0.15) is 6.42 Å². The molecule has 0 N–H and O–H groups in total. The molecular formula is C12H15ClN2. The van der Waals surface area contributed by atoms with Gasteiger partial charge in [0.2, 0.25) is 0 Å². The Morgan fingerprint density at radius 3 is 2.73 bits per heavy atom. The molecule has 2 heterocycles. The highest BCUT2D eigenvalue weighted by molar-refractivity contribution is 6.30. The second kappa shape index (κ2) is 3.39. The van der Waals surface area contributed by atoms with Gasteiger partial charge in [-0.15, -0.1) is 0 Å². The summed E-state index contributed by atoms with van der Waals surface area (Å²) in [5.41, 5.74) is 1.28. The van der Waals surface area contributed by atoms with E-state index in [1.807, 2.05) is 12.1 Å². The Labute approximate surface area is 95.4 Å². The molecular weight excluding hydrogens is 208 g/mol. The predicted octanol–water partition coefficient (Wildman–Crippen LogP) is 2.23. The number of rotatable bonds is 1. The lowest BCUT2D eigenvalue weighted by Crippen LogP contribution is -2.44. The molecule has 0 aliphatic carbocycles. The van der Waals surface area contributed by atoms with Crippen molar-refractivity contribution >= 4 is 17.3 Å². The van der Waals surface area contributed by atoms with Gasteiger partial charge in [0.15, 0.2) is 0 Å². The van der Waals surface area contributed by atoms with E-state index in [0.29, 0.717) is 6.04 Å². The summed E-state index contributed by atoms with van der Waals surface area (Å²) >= 11 is 6.02. The van der Waals surface area contributed by atoms with Crippen molar-refractivity contribution in [2.24, 2.45) is 0 Å². The highest BCUT2D eigenvalue weighted by atomic mass is 35.5. The number of likely N-dealkylation sites (tertiary alicyclic amines) is 1. The molecule has 80 valence electrons. The maximum Gasteiger partial charge on any atom is 0.0433 e. The summed E-state index contributed by atoms with van der Waals surface area (Å²) in [6.07, 6.45) is 1.31. The number of likely N-dealkylation sites (N-methyl/N-ethyl adjacent to an activating group) is 1. The molecule has 0 radical (unpaired) electrons. The van der Waals surface area contributed by atoms with Gasteiger partial charge in [0.05, 0.1) is 0 Å². The maximum absolute atomic E-state index is 6.02. The van der Waals surface area contributed by atoms with Crippen LogP contribution < -0.4 is 4.90 Å². The van der Waals surface area contributed by atoms with Crippen LogP contribution in [0.5, 0.6) is 0 Å². The van der Waals surface area contributed by atoms with E-state index in [-0.39, 0.29) is 0 Å². The predicted molar refractivity (Wildman–Crippen MR) is 63.6 cm³/mol. The van der Waals surface area contributed by atoms with Gasteiger partial charge in [-0.1, -0.05) is 17.7 Å². The van der Waals surface area contributed by atoms with Crippen molar-refractivity contribution in [2.45, 2.75) is 18.5 Å². The minimum Gasteiger partial charge on any atom is -0.366 e. The summed E-state index contributed by atoms with van der Waals surface area (Å²) in [7, 11) is 2.22.